The van der Waals surface area contributed by atoms with Crippen molar-refractivity contribution in [2.24, 2.45) is 0 Å². The lowest BCUT2D eigenvalue weighted by atomic mass is 10.1. The molecule has 118 valence electrons. The largest absolute Gasteiger partial charge is 0.384 e. The maximum absolute atomic E-state index is 5.82. The van der Waals surface area contributed by atoms with Crippen molar-refractivity contribution in [3.05, 3.63) is 35.7 Å². The minimum atomic E-state index is 0.519. The standard InChI is InChI=1S/C16H22N4S2/c1-3-4-5-7-12-8-6-9-18-13(12)11-22-16-19-14(17)10-15(20-16)21-2/h6,8-10H,3-5,7,11H2,1-2H3,(H2,17,19,20). The molecule has 0 amide bonds. The third kappa shape index (κ3) is 5.18. The smallest absolute Gasteiger partial charge is 0.190 e. The van der Waals surface area contributed by atoms with Crippen molar-refractivity contribution in [3.63, 3.8) is 0 Å². The molecule has 2 N–H and O–H groups in total. The molecule has 0 unspecified atom stereocenters. The summed E-state index contributed by atoms with van der Waals surface area (Å²) in [6.07, 6.45) is 8.64. The first kappa shape index (κ1) is 17.1. The summed E-state index contributed by atoms with van der Waals surface area (Å²) in [4.78, 5) is 13.3. The summed E-state index contributed by atoms with van der Waals surface area (Å²) in [5.74, 6) is 1.30. The molecule has 0 aliphatic rings. The fraction of sp³-hybridized carbons (Fsp3) is 0.438. The molecule has 0 aromatic carbocycles. The van der Waals surface area contributed by atoms with Crippen LogP contribution >= 0.6 is 23.5 Å². The van der Waals surface area contributed by atoms with E-state index < -0.39 is 0 Å². The lowest BCUT2D eigenvalue weighted by molar-refractivity contribution is 0.712. The van der Waals surface area contributed by atoms with Crippen LogP contribution in [-0.2, 0) is 12.2 Å². The van der Waals surface area contributed by atoms with Gasteiger partial charge in [-0.15, -0.1) is 11.8 Å². The highest BCUT2D eigenvalue weighted by molar-refractivity contribution is 7.99. The molecule has 0 aliphatic heterocycles. The van der Waals surface area contributed by atoms with E-state index in [0.717, 1.165) is 28.0 Å². The summed E-state index contributed by atoms with van der Waals surface area (Å²) in [6.45, 7) is 2.22. The lowest BCUT2D eigenvalue weighted by Crippen LogP contribution is -1.99. The number of anilines is 1. The van der Waals surface area contributed by atoms with Crippen LogP contribution in [0.5, 0.6) is 0 Å². The van der Waals surface area contributed by atoms with Gasteiger partial charge in [-0.1, -0.05) is 37.6 Å². The lowest BCUT2D eigenvalue weighted by Gasteiger charge is -2.08. The summed E-state index contributed by atoms with van der Waals surface area (Å²) in [5, 5.41) is 1.62. The average molecular weight is 335 g/mol. The molecule has 6 heteroatoms. The SMILES string of the molecule is CCCCCc1cccnc1CSc1nc(N)cc(SC)n1. The van der Waals surface area contributed by atoms with E-state index in [-0.39, 0.29) is 0 Å². The molecular formula is C16H22N4S2. The van der Waals surface area contributed by atoms with Crippen molar-refractivity contribution >= 4 is 29.3 Å². The van der Waals surface area contributed by atoms with E-state index in [2.05, 4.69) is 27.9 Å². The molecule has 0 bridgehead atoms. The van der Waals surface area contributed by atoms with Crippen molar-refractivity contribution < 1.29 is 0 Å². The van der Waals surface area contributed by atoms with Gasteiger partial charge in [-0.3, -0.25) is 4.98 Å². The number of unbranched alkanes of at least 4 members (excludes halogenated alkanes) is 2. The van der Waals surface area contributed by atoms with Crippen molar-refractivity contribution in [1.29, 1.82) is 0 Å². The Hall–Kier alpha value is -1.27. The first-order chi connectivity index (χ1) is 10.7. The Labute approximate surface area is 140 Å². The van der Waals surface area contributed by atoms with Crippen LogP contribution in [-0.4, -0.2) is 21.2 Å². The average Bonchev–Trinajstić information content (AvgIpc) is 2.53. The number of hydrogen-bond acceptors (Lipinski definition) is 6. The van der Waals surface area contributed by atoms with E-state index in [0.29, 0.717) is 5.82 Å². The summed E-state index contributed by atoms with van der Waals surface area (Å²) >= 11 is 3.17. The van der Waals surface area contributed by atoms with Gasteiger partial charge in [0.2, 0.25) is 0 Å². The van der Waals surface area contributed by atoms with Gasteiger partial charge in [-0.05, 0) is 30.7 Å². The topological polar surface area (TPSA) is 64.7 Å². The van der Waals surface area contributed by atoms with E-state index in [1.807, 2.05) is 18.5 Å². The van der Waals surface area contributed by atoms with E-state index in [1.54, 1.807) is 29.6 Å². The Balaban J connectivity index is 2.03. The molecule has 2 rings (SSSR count). The van der Waals surface area contributed by atoms with E-state index in [4.69, 9.17) is 5.73 Å². The molecule has 0 fully saturated rings. The van der Waals surface area contributed by atoms with Gasteiger partial charge >= 0.3 is 0 Å². The van der Waals surface area contributed by atoms with Crippen LogP contribution in [0.2, 0.25) is 0 Å². The first-order valence-electron chi connectivity index (χ1n) is 7.47. The number of aryl methyl sites for hydroxylation is 1. The zero-order valence-electron chi connectivity index (χ0n) is 13.1. The minimum absolute atomic E-state index is 0.519. The van der Waals surface area contributed by atoms with Gasteiger partial charge < -0.3 is 5.73 Å². The molecule has 2 aromatic rings. The third-order valence-electron chi connectivity index (χ3n) is 3.28. The van der Waals surface area contributed by atoms with Crippen molar-refractivity contribution in [3.8, 4) is 0 Å². The molecule has 0 saturated carbocycles. The van der Waals surface area contributed by atoms with Gasteiger partial charge in [0.25, 0.3) is 0 Å². The fourth-order valence-corrected chi connectivity index (χ4v) is 3.45. The highest BCUT2D eigenvalue weighted by atomic mass is 32.2. The second-order valence-electron chi connectivity index (χ2n) is 4.97. The molecular weight excluding hydrogens is 312 g/mol. The van der Waals surface area contributed by atoms with Crippen LogP contribution in [0.1, 0.15) is 37.4 Å². The highest BCUT2D eigenvalue weighted by Gasteiger charge is 2.07. The molecule has 0 atom stereocenters. The zero-order valence-corrected chi connectivity index (χ0v) is 14.7. The van der Waals surface area contributed by atoms with E-state index in [9.17, 15) is 0 Å². The minimum Gasteiger partial charge on any atom is -0.384 e. The van der Waals surface area contributed by atoms with Gasteiger partial charge in [0.05, 0.1) is 5.69 Å². The van der Waals surface area contributed by atoms with Crippen LogP contribution in [0, 0.1) is 0 Å². The van der Waals surface area contributed by atoms with E-state index >= 15 is 0 Å². The number of nitrogen functional groups attached to an aromatic ring is 1. The van der Waals surface area contributed by atoms with Crippen LogP contribution in [0.25, 0.3) is 0 Å². The molecule has 0 aliphatic carbocycles. The predicted molar refractivity (Wildman–Crippen MR) is 95.3 cm³/mol. The van der Waals surface area contributed by atoms with Crippen molar-refractivity contribution in [1.82, 2.24) is 15.0 Å². The van der Waals surface area contributed by atoms with Crippen molar-refractivity contribution in [2.45, 2.75) is 48.5 Å². The van der Waals surface area contributed by atoms with E-state index in [1.165, 1.54) is 24.8 Å². The number of nitrogens with zero attached hydrogens (tertiary/aromatic N) is 3. The predicted octanol–water partition coefficient (Wildman–Crippen LogP) is 4.20. The normalized spacial score (nSPS) is 10.8. The van der Waals surface area contributed by atoms with Gasteiger partial charge in [-0.25, -0.2) is 9.97 Å². The zero-order chi connectivity index (χ0) is 15.8. The molecule has 0 spiro atoms. The molecule has 22 heavy (non-hydrogen) atoms. The summed E-state index contributed by atoms with van der Waals surface area (Å²) in [7, 11) is 0. The molecule has 0 radical (unpaired) electrons. The molecule has 2 aromatic heterocycles. The maximum Gasteiger partial charge on any atom is 0.190 e. The Morgan fingerprint density at radius 1 is 1.23 bits per heavy atom. The van der Waals surface area contributed by atoms with Gasteiger partial charge in [0, 0.05) is 18.0 Å². The number of thioether (sulfide) groups is 2. The summed E-state index contributed by atoms with van der Waals surface area (Å²) in [6, 6.07) is 5.98. The maximum atomic E-state index is 5.82. The second-order valence-corrected chi connectivity index (χ2v) is 6.74. The number of aromatic nitrogens is 3. The van der Waals surface area contributed by atoms with Gasteiger partial charge in [0.15, 0.2) is 5.16 Å². The second kappa shape index (κ2) is 9.00. The Kier molecular flexibility index (Phi) is 6.99. The number of hydrogen-bond donors (Lipinski definition) is 1. The number of rotatable bonds is 8. The Bertz CT molecular complexity index is 604. The summed E-state index contributed by atoms with van der Waals surface area (Å²) in [5.41, 5.74) is 8.28. The van der Waals surface area contributed by atoms with Gasteiger partial charge in [0.1, 0.15) is 10.8 Å². The molecule has 2 heterocycles. The summed E-state index contributed by atoms with van der Waals surface area (Å²) < 4.78 is 0. The van der Waals surface area contributed by atoms with Crippen LogP contribution < -0.4 is 5.73 Å². The van der Waals surface area contributed by atoms with Crippen LogP contribution in [0.15, 0.2) is 34.6 Å². The van der Waals surface area contributed by atoms with Gasteiger partial charge in [-0.2, -0.15) is 0 Å². The van der Waals surface area contributed by atoms with Crippen molar-refractivity contribution in [2.75, 3.05) is 12.0 Å². The number of nitrogens with two attached hydrogens (primary N) is 1. The van der Waals surface area contributed by atoms with Crippen LogP contribution in [0.4, 0.5) is 5.82 Å². The highest BCUT2D eigenvalue weighted by Crippen LogP contribution is 2.24. The molecule has 0 saturated heterocycles. The fourth-order valence-electron chi connectivity index (χ4n) is 2.12. The third-order valence-corrected chi connectivity index (χ3v) is 4.77. The quantitative estimate of drug-likeness (QED) is 0.338. The number of pyridine rings is 1. The molecule has 4 nitrogen and oxygen atoms in total. The monoisotopic (exact) mass is 334 g/mol. The van der Waals surface area contributed by atoms with Crippen LogP contribution in [0.3, 0.4) is 0 Å². The Morgan fingerprint density at radius 3 is 2.86 bits per heavy atom. The Morgan fingerprint density at radius 2 is 2.09 bits per heavy atom. The first-order valence-corrected chi connectivity index (χ1v) is 9.68.